The number of carbonyl (C=O) groups is 3. The summed E-state index contributed by atoms with van der Waals surface area (Å²) in [7, 11) is 0. The van der Waals surface area contributed by atoms with Crippen LogP contribution in [0.25, 0.3) is 0 Å². The molecule has 0 aliphatic heterocycles. The molecule has 134 valence electrons. The van der Waals surface area contributed by atoms with Crippen molar-refractivity contribution in [1.82, 2.24) is 0 Å². The fraction of sp³-hybridized carbons (Fsp3) is 0.500. The van der Waals surface area contributed by atoms with Gasteiger partial charge in [-0.1, -0.05) is 18.0 Å². The van der Waals surface area contributed by atoms with Crippen LogP contribution in [0.5, 0.6) is 0 Å². The van der Waals surface area contributed by atoms with Crippen LogP contribution in [-0.4, -0.2) is 24.3 Å². The molecule has 2 aliphatic rings. The molecule has 25 heavy (non-hydrogen) atoms. The Labute approximate surface area is 149 Å². The average molecular weight is 368 g/mol. The van der Waals surface area contributed by atoms with Crippen LogP contribution in [0.2, 0.25) is 5.02 Å². The zero-order valence-corrected chi connectivity index (χ0v) is 14.4. The molecule has 7 heteroatoms. The fourth-order valence-corrected chi connectivity index (χ4v) is 3.88. The van der Waals surface area contributed by atoms with Crippen molar-refractivity contribution in [3.63, 3.8) is 0 Å². The molecule has 0 saturated heterocycles. The van der Waals surface area contributed by atoms with Crippen molar-refractivity contribution in [2.24, 2.45) is 17.8 Å². The van der Waals surface area contributed by atoms with E-state index in [9.17, 15) is 18.8 Å². The molecule has 0 heterocycles. The van der Waals surface area contributed by atoms with Gasteiger partial charge in [-0.2, -0.15) is 0 Å². The second kappa shape index (κ2) is 7.52. The number of halogens is 2. The molecule has 1 aromatic carbocycles. The van der Waals surface area contributed by atoms with Crippen LogP contribution in [0.4, 0.5) is 10.1 Å². The molecule has 0 spiro atoms. The SMILES string of the molecule is O=C(COC(=O)C1CC2CCCC(C1)C2=O)Nc1ccc(F)c(Cl)c1. The first kappa shape index (κ1) is 17.9. The molecule has 2 fully saturated rings. The maximum absolute atomic E-state index is 13.1. The summed E-state index contributed by atoms with van der Waals surface area (Å²) in [6.45, 7) is -0.423. The number of anilines is 1. The van der Waals surface area contributed by atoms with E-state index in [1.165, 1.54) is 12.1 Å². The number of Topliss-reactive ketones (excluding diaryl/α,β-unsaturated/α-hetero) is 1. The summed E-state index contributed by atoms with van der Waals surface area (Å²) < 4.78 is 18.2. The number of hydrogen-bond donors (Lipinski definition) is 1. The summed E-state index contributed by atoms with van der Waals surface area (Å²) >= 11 is 5.65. The van der Waals surface area contributed by atoms with Gasteiger partial charge in [-0.15, -0.1) is 0 Å². The van der Waals surface area contributed by atoms with E-state index in [1.54, 1.807) is 0 Å². The largest absolute Gasteiger partial charge is 0.455 e. The molecule has 2 saturated carbocycles. The first-order valence-corrected chi connectivity index (χ1v) is 8.77. The highest BCUT2D eigenvalue weighted by molar-refractivity contribution is 6.31. The fourth-order valence-electron chi connectivity index (χ4n) is 3.70. The quantitative estimate of drug-likeness (QED) is 0.828. The lowest BCUT2D eigenvalue weighted by Crippen LogP contribution is -2.40. The second-order valence-corrected chi connectivity index (χ2v) is 7.09. The maximum Gasteiger partial charge on any atom is 0.309 e. The Balaban J connectivity index is 1.49. The summed E-state index contributed by atoms with van der Waals surface area (Å²) in [4.78, 5) is 36.1. The first-order chi connectivity index (χ1) is 11.9. The lowest BCUT2D eigenvalue weighted by atomic mass is 9.67. The van der Waals surface area contributed by atoms with Crippen LogP contribution in [0, 0.1) is 23.6 Å². The van der Waals surface area contributed by atoms with Gasteiger partial charge in [0.25, 0.3) is 5.91 Å². The van der Waals surface area contributed by atoms with Crippen molar-refractivity contribution in [3.8, 4) is 0 Å². The van der Waals surface area contributed by atoms with Gasteiger partial charge in [0, 0.05) is 17.5 Å². The van der Waals surface area contributed by atoms with Crippen LogP contribution < -0.4 is 5.32 Å². The van der Waals surface area contributed by atoms with E-state index in [1.807, 2.05) is 0 Å². The summed E-state index contributed by atoms with van der Waals surface area (Å²) in [6.07, 6.45) is 3.74. The van der Waals surface area contributed by atoms with Crippen molar-refractivity contribution >= 4 is 34.9 Å². The van der Waals surface area contributed by atoms with Crippen molar-refractivity contribution < 1.29 is 23.5 Å². The maximum atomic E-state index is 13.1. The summed E-state index contributed by atoms with van der Waals surface area (Å²) in [5.41, 5.74) is 0.324. The van der Waals surface area contributed by atoms with Crippen LogP contribution >= 0.6 is 11.6 Å². The summed E-state index contributed by atoms with van der Waals surface area (Å²) in [6, 6.07) is 3.79. The molecule has 2 unspecified atom stereocenters. The Hall–Kier alpha value is -1.95. The van der Waals surface area contributed by atoms with Gasteiger partial charge in [-0.3, -0.25) is 14.4 Å². The Kier molecular flexibility index (Phi) is 5.37. The minimum absolute atomic E-state index is 0.0415. The van der Waals surface area contributed by atoms with Gasteiger partial charge in [0.15, 0.2) is 6.61 Å². The Morgan fingerprint density at radius 2 is 1.92 bits per heavy atom. The molecule has 1 aromatic rings. The third-order valence-electron chi connectivity index (χ3n) is 4.93. The van der Waals surface area contributed by atoms with Crippen molar-refractivity contribution in [2.45, 2.75) is 32.1 Å². The highest BCUT2D eigenvalue weighted by Gasteiger charge is 2.41. The van der Waals surface area contributed by atoms with Gasteiger partial charge in [0.05, 0.1) is 10.9 Å². The first-order valence-electron chi connectivity index (χ1n) is 8.39. The van der Waals surface area contributed by atoms with E-state index >= 15 is 0 Å². The zero-order chi connectivity index (χ0) is 18.0. The van der Waals surface area contributed by atoms with Gasteiger partial charge >= 0.3 is 5.97 Å². The minimum Gasteiger partial charge on any atom is -0.455 e. The molecular weight excluding hydrogens is 349 g/mol. The third kappa shape index (κ3) is 4.18. The summed E-state index contributed by atoms with van der Waals surface area (Å²) in [5, 5.41) is 2.39. The predicted molar refractivity (Wildman–Crippen MR) is 89.6 cm³/mol. The molecule has 2 bridgehead atoms. The molecule has 2 atom stereocenters. The zero-order valence-electron chi connectivity index (χ0n) is 13.6. The van der Waals surface area contributed by atoms with Crippen LogP contribution in [0.1, 0.15) is 32.1 Å². The van der Waals surface area contributed by atoms with Crippen LogP contribution in [0.3, 0.4) is 0 Å². The molecule has 3 rings (SSSR count). The van der Waals surface area contributed by atoms with E-state index in [-0.39, 0.29) is 28.6 Å². The smallest absolute Gasteiger partial charge is 0.309 e. The normalized spacial score (nSPS) is 25.4. The number of ether oxygens (including phenoxy) is 1. The topological polar surface area (TPSA) is 72.5 Å². The monoisotopic (exact) mass is 367 g/mol. The van der Waals surface area contributed by atoms with Gasteiger partial charge in [-0.25, -0.2) is 4.39 Å². The third-order valence-corrected chi connectivity index (χ3v) is 5.22. The molecule has 1 amide bonds. The molecule has 5 nitrogen and oxygen atoms in total. The standard InChI is InChI=1S/C18H19ClFNO4/c19-14-8-13(4-5-15(14)20)21-16(22)9-25-18(24)12-6-10-2-1-3-11(7-12)17(10)23/h4-5,8,10-12H,1-3,6-7,9H2,(H,21,22). The number of benzene rings is 1. The van der Waals surface area contributed by atoms with E-state index in [0.717, 1.165) is 25.3 Å². The molecule has 0 aromatic heterocycles. The van der Waals surface area contributed by atoms with Crippen molar-refractivity contribution in [1.29, 1.82) is 0 Å². The van der Waals surface area contributed by atoms with Crippen molar-refractivity contribution in [2.75, 3.05) is 11.9 Å². The summed E-state index contributed by atoms with van der Waals surface area (Å²) in [5.74, 6) is -1.66. The second-order valence-electron chi connectivity index (χ2n) is 6.68. The average Bonchev–Trinajstić information content (AvgIpc) is 2.56. The van der Waals surface area contributed by atoms with Gasteiger partial charge in [0.2, 0.25) is 0 Å². The van der Waals surface area contributed by atoms with E-state index in [2.05, 4.69) is 5.32 Å². The van der Waals surface area contributed by atoms with Gasteiger partial charge in [0.1, 0.15) is 11.6 Å². The predicted octanol–water partition coefficient (Wildman–Crippen LogP) is 3.36. The number of hydrogen-bond acceptors (Lipinski definition) is 4. The Bertz CT molecular complexity index is 692. The Morgan fingerprint density at radius 1 is 1.24 bits per heavy atom. The highest BCUT2D eigenvalue weighted by atomic mass is 35.5. The molecule has 0 radical (unpaired) electrons. The van der Waals surface area contributed by atoms with E-state index in [4.69, 9.17) is 16.3 Å². The van der Waals surface area contributed by atoms with E-state index in [0.29, 0.717) is 18.5 Å². The molecule has 2 aliphatic carbocycles. The number of ketones is 1. The minimum atomic E-state index is -0.580. The lowest BCUT2D eigenvalue weighted by Gasteiger charge is -2.36. The number of amides is 1. The highest BCUT2D eigenvalue weighted by Crippen LogP contribution is 2.40. The number of esters is 1. The van der Waals surface area contributed by atoms with E-state index < -0.39 is 24.3 Å². The number of fused-ring (bicyclic) bond motifs is 2. The van der Waals surface area contributed by atoms with Crippen LogP contribution in [0.15, 0.2) is 18.2 Å². The lowest BCUT2D eigenvalue weighted by molar-refractivity contribution is -0.155. The number of nitrogens with one attached hydrogen (secondary N) is 1. The molecular formula is C18H19ClFNO4. The van der Waals surface area contributed by atoms with Gasteiger partial charge < -0.3 is 10.1 Å². The van der Waals surface area contributed by atoms with Crippen LogP contribution in [-0.2, 0) is 19.1 Å². The molecule has 1 N–H and O–H groups in total. The Morgan fingerprint density at radius 3 is 2.56 bits per heavy atom. The number of rotatable bonds is 4. The number of carbonyl (C=O) groups excluding carboxylic acids is 3. The van der Waals surface area contributed by atoms with Crippen molar-refractivity contribution in [3.05, 3.63) is 29.0 Å². The van der Waals surface area contributed by atoms with Gasteiger partial charge in [-0.05, 0) is 43.9 Å².